The van der Waals surface area contributed by atoms with Crippen LogP contribution in [0, 0.1) is 11.3 Å². The van der Waals surface area contributed by atoms with Crippen LogP contribution >= 0.6 is 0 Å². The molecule has 1 aromatic rings. The van der Waals surface area contributed by atoms with Gasteiger partial charge in [-0.3, -0.25) is 9.59 Å². The standard InChI is InChI=1S/C17H15NO4/c1-9-14-12(8-10(22-9)6-7-18)16(19)11-4-3-5-13(21-2)15(11)17(14)20/h3-5,9-10H,6,8H2,1-2H3/t9-,10+/m1/s1. The molecule has 0 unspecified atom stereocenters. The Hall–Kier alpha value is -2.45. The summed E-state index contributed by atoms with van der Waals surface area (Å²) in [7, 11) is 1.47. The van der Waals surface area contributed by atoms with Gasteiger partial charge in [-0.15, -0.1) is 0 Å². The van der Waals surface area contributed by atoms with Gasteiger partial charge < -0.3 is 9.47 Å². The van der Waals surface area contributed by atoms with Crippen molar-refractivity contribution in [2.24, 2.45) is 0 Å². The second-order valence-corrected chi connectivity index (χ2v) is 5.40. The van der Waals surface area contributed by atoms with Gasteiger partial charge in [0.2, 0.25) is 0 Å². The van der Waals surface area contributed by atoms with Crippen LogP contribution in [-0.4, -0.2) is 30.9 Å². The summed E-state index contributed by atoms with van der Waals surface area (Å²) in [5, 5.41) is 8.83. The number of ether oxygens (including phenoxy) is 2. The number of ketones is 2. The molecule has 0 aromatic heterocycles. The highest BCUT2D eigenvalue weighted by Crippen LogP contribution is 2.39. The first kappa shape index (κ1) is 14.5. The van der Waals surface area contributed by atoms with E-state index in [0.717, 1.165) is 0 Å². The van der Waals surface area contributed by atoms with Crippen LogP contribution in [-0.2, 0) is 4.74 Å². The van der Waals surface area contributed by atoms with Crippen molar-refractivity contribution in [2.75, 3.05) is 7.11 Å². The molecule has 1 aliphatic carbocycles. The molecule has 3 rings (SSSR count). The van der Waals surface area contributed by atoms with E-state index in [1.165, 1.54) is 7.11 Å². The smallest absolute Gasteiger partial charge is 0.196 e. The highest BCUT2D eigenvalue weighted by molar-refractivity contribution is 6.28. The molecule has 0 saturated heterocycles. The second-order valence-electron chi connectivity index (χ2n) is 5.40. The minimum Gasteiger partial charge on any atom is -0.496 e. The first-order chi connectivity index (χ1) is 10.6. The van der Waals surface area contributed by atoms with E-state index in [1.807, 2.05) is 0 Å². The van der Waals surface area contributed by atoms with Crippen LogP contribution in [0.15, 0.2) is 29.3 Å². The van der Waals surface area contributed by atoms with Gasteiger partial charge in [-0.25, -0.2) is 0 Å². The van der Waals surface area contributed by atoms with Gasteiger partial charge in [0.15, 0.2) is 11.6 Å². The molecule has 0 bridgehead atoms. The number of hydrogen-bond donors (Lipinski definition) is 0. The fourth-order valence-corrected chi connectivity index (χ4v) is 3.17. The Morgan fingerprint density at radius 1 is 1.36 bits per heavy atom. The third kappa shape index (κ3) is 2.04. The molecular weight excluding hydrogens is 282 g/mol. The molecule has 5 nitrogen and oxygen atoms in total. The SMILES string of the molecule is COc1cccc2c1C(=O)C1=C(C[C@H](CC#N)O[C@@H]1C)C2=O. The van der Waals surface area contributed by atoms with Gasteiger partial charge in [0.05, 0.1) is 37.4 Å². The average molecular weight is 297 g/mol. The Bertz CT molecular complexity index is 742. The Kier molecular flexibility index (Phi) is 3.55. The molecule has 1 aromatic carbocycles. The van der Waals surface area contributed by atoms with Crippen LogP contribution in [0.3, 0.4) is 0 Å². The van der Waals surface area contributed by atoms with E-state index in [1.54, 1.807) is 25.1 Å². The molecule has 0 spiro atoms. The number of rotatable bonds is 2. The minimum absolute atomic E-state index is 0.165. The second kappa shape index (κ2) is 5.39. The molecule has 112 valence electrons. The van der Waals surface area contributed by atoms with E-state index in [4.69, 9.17) is 14.7 Å². The van der Waals surface area contributed by atoms with Gasteiger partial charge in [0.25, 0.3) is 0 Å². The summed E-state index contributed by atoms with van der Waals surface area (Å²) >= 11 is 0. The highest BCUT2D eigenvalue weighted by atomic mass is 16.5. The van der Waals surface area contributed by atoms with Gasteiger partial charge in [-0.2, -0.15) is 5.26 Å². The monoisotopic (exact) mass is 297 g/mol. The lowest BCUT2D eigenvalue weighted by Gasteiger charge is -2.33. The van der Waals surface area contributed by atoms with Gasteiger partial charge in [0, 0.05) is 23.1 Å². The van der Waals surface area contributed by atoms with Crippen molar-refractivity contribution >= 4 is 11.6 Å². The summed E-state index contributed by atoms with van der Waals surface area (Å²) in [6, 6.07) is 7.06. The molecule has 0 amide bonds. The van der Waals surface area contributed by atoms with E-state index in [-0.39, 0.29) is 24.1 Å². The lowest BCUT2D eigenvalue weighted by Crippen LogP contribution is -2.37. The number of carbonyl (C=O) groups is 2. The summed E-state index contributed by atoms with van der Waals surface area (Å²) in [5.74, 6) is 0.0142. The number of nitrogens with zero attached hydrogens (tertiary/aromatic N) is 1. The van der Waals surface area contributed by atoms with Crippen molar-refractivity contribution in [3.63, 3.8) is 0 Å². The molecule has 0 saturated carbocycles. The Balaban J connectivity index is 2.13. The van der Waals surface area contributed by atoms with Crippen LogP contribution < -0.4 is 4.74 Å². The van der Waals surface area contributed by atoms with Crippen molar-refractivity contribution < 1.29 is 19.1 Å². The van der Waals surface area contributed by atoms with Crippen molar-refractivity contribution in [1.29, 1.82) is 5.26 Å². The maximum absolute atomic E-state index is 12.8. The largest absolute Gasteiger partial charge is 0.496 e. The quantitative estimate of drug-likeness (QED) is 0.838. The molecule has 5 heteroatoms. The average Bonchev–Trinajstić information content (AvgIpc) is 2.51. The van der Waals surface area contributed by atoms with Crippen LogP contribution in [0.25, 0.3) is 0 Å². The molecule has 2 aliphatic rings. The van der Waals surface area contributed by atoms with Crippen molar-refractivity contribution in [2.45, 2.75) is 32.0 Å². The summed E-state index contributed by atoms with van der Waals surface area (Å²) in [6.45, 7) is 1.74. The summed E-state index contributed by atoms with van der Waals surface area (Å²) in [6.07, 6.45) is -0.346. The number of nitriles is 1. The first-order valence-electron chi connectivity index (χ1n) is 7.10. The predicted molar refractivity (Wildman–Crippen MR) is 77.9 cm³/mol. The molecule has 0 N–H and O–H groups in total. The lowest BCUT2D eigenvalue weighted by molar-refractivity contribution is 0.00712. The Labute approximate surface area is 128 Å². The normalized spacial score (nSPS) is 23.7. The zero-order valence-corrected chi connectivity index (χ0v) is 12.4. The predicted octanol–water partition coefficient (Wildman–Crippen LogP) is 2.46. The molecule has 2 atom stereocenters. The molecule has 1 aliphatic heterocycles. The highest BCUT2D eigenvalue weighted by Gasteiger charge is 2.41. The van der Waals surface area contributed by atoms with E-state index in [2.05, 4.69) is 6.07 Å². The molecular formula is C17H15NO4. The van der Waals surface area contributed by atoms with Crippen molar-refractivity contribution in [1.82, 2.24) is 0 Å². The summed E-state index contributed by atoms with van der Waals surface area (Å²) < 4.78 is 10.9. The maximum Gasteiger partial charge on any atom is 0.196 e. The van der Waals surface area contributed by atoms with Crippen LogP contribution in [0.5, 0.6) is 5.75 Å². The van der Waals surface area contributed by atoms with Crippen molar-refractivity contribution in [3.05, 3.63) is 40.5 Å². The molecule has 0 fully saturated rings. The molecule has 22 heavy (non-hydrogen) atoms. The lowest BCUT2D eigenvalue weighted by atomic mass is 9.78. The first-order valence-corrected chi connectivity index (χ1v) is 7.10. The third-order valence-electron chi connectivity index (χ3n) is 4.12. The number of carbonyl (C=O) groups excluding carboxylic acids is 2. The third-order valence-corrected chi connectivity index (χ3v) is 4.12. The fourth-order valence-electron chi connectivity index (χ4n) is 3.17. The molecule has 1 heterocycles. The minimum atomic E-state index is -0.503. The molecule has 0 radical (unpaired) electrons. The van der Waals surface area contributed by atoms with E-state index < -0.39 is 6.10 Å². The van der Waals surface area contributed by atoms with E-state index >= 15 is 0 Å². The zero-order valence-electron chi connectivity index (χ0n) is 12.4. The van der Waals surface area contributed by atoms with Gasteiger partial charge in [0.1, 0.15) is 5.75 Å². The number of benzene rings is 1. The number of fused-ring (bicyclic) bond motifs is 1. The van der Waals surface area contributed by atoms with Gasteiger partial charge in [-0.1, -0.05) is 12.1 Å². The topological polar surface area (TPSA) is 76.4 Å². The fraction of sp³-hybridized carbons (Fsp3) is 0.353. The van der Waals surface area contributed by atoms with Gasteiger partial charge >= 0.3 is 0 Å². The van der Waals surface area contributed by atoms with Crippen LogP contribution in [0.4, 0.5) is 0 Å². The summed E-state index contributed by atoms with van der Waals surface area (Å²) in [4.78, 5) is 25.6. The van der Waals surface area contributed by atoms with E-state index in [0.29, 0.717) is 34.4 Å². The number of methoxy groups -OCH3 is 1. The Morgan fingerprint density at radius 2 is 2.14 bits per heavy atom. The Morgan fingerprint density at radius 3 is 2.82 bits per heavy atom. The van der Waals surface area contributed by atoms with Crippen molar-refractivity contribution in [3.8, 4) is 11.8 Å². The van der Waals surface area contributed by atoms with Crippen LogP contribution in [0.2, 0.25) is 0 Å². The van der Waals surface area contributed by atoms with Gasteiger partial charge in [-0.05, 0) is 13.0 Å². The summed E-state index contributed by atoms with van der Waals surface area (Å²) in [5.41, 5.74) is 1.55. The number of Topliss-reactive ketones (excluding diaryl/α,β-unsaturated/α-hetero) is 2. The number of hydrogen-bond acceptors (Lipinski definition) is 5. The van der Waals surface area contributed by atoms with Crippen LogP contribution in [0.1, 0.15) is 40.5 Å². The zero-order chi connectivity index (χ0) is 15.9. The van der Waals surface area contributed by atoms with E-state index in [9.17, 15) is 9.59 Å². The maximum atomic E-state index is 12.8.